The Hall–Kier alpha value is -0.650. The van der Waals surface area contributed by atoms with Gasteiger partial charge in [0.1, 0.15) is 5.54 Å². The molecular weight excluding hydrogens is 242 g/mol. The van der Waals surface area contributed by atoms with Crippen LogP contribution in [0.5, 0.6) is 0 Å². The molecular formula is C14H29N3O2. The summed E-state index contributed by atoms with van der Waals surface area (Å²) in [6.45, 7) is 7.49. The number of rotatable bonds is 6. The van der Waals surface area contributed by atoms with Crippen LogP contribution in [-0.4, -0.2) is 74.7 Å². The van der Waals surface area contributed by atoms with Crippen molar-refractivity contribution in [2.75, 3.05) is 47.4 Å². The van der Waals surface area contributed by atoms with Gasteiger partial charge in [0.05, 0.1) is 7.11 Å². The smallest absolute Gasteiger partial charge is 0.327 e. The third-order valence-corrected chi connectivity index (χ3v) is 3.95. The van der Waals surface area contributed by atoms with Crippen LogP contribution in [0.4, 0.5) is 0 Å². The van der Waals surface area contributed by atoms with E-state index in [0.29, 0.717) is 12.6 Å². The van der Waals surface area contributed by atoms with Gasteiger partial charge in [-0.25, -0.2) is 0 Å². The Kier molecular flexibility index (Phi) is 6.23. The van der Waals surface area contributed by atoms with Crippen molar-refractivity contribution in [1.82, 2.24) is 15.1 Å². The highest BCUT2D eigenvalue weighted by atomic mass is 16.5. The molecule has 1 N–H and O–H groups in total. The van der Waals surface area contributed by atoms with Crippen molar-refractivity contribution in [2.24, 2.45) is 0 Å². The number of esters is 1. The minimum atomic E-state index is -0.613. The van der Waals surface area contributed by atoms with Crippen LogP contribution >= 0.6 is 0 Å². The summed E-state index contributed by atoms with van der Waals surface area (Å²) < 4.78 is 4.95. The van der Waals surface area contributed by atoms with Gasteiger partial charge in [0, 0.05) is 19.1 Å². The minimum Gasteiger partial charge on any atom is -0.468 e. The van der Waals surface area contributed by atoms with Gasteiger partial charge in [-0.15, -0.1) is 0 Å². The van der Waals surface area contributed by atoms with E-state index in [1.54, 1.807) is 0 Å². The standard InChI is InChI=1S/C14H29N3O2/c1-6-15-14(2,13(18)19-5)11-17-9-7-8-12(10-17)16(3)4/h12,15H,6-11H2,1-5H3. The molecule has 19 heavy (non-hydrogen) atoms. The van der Waals surface area contributed by atoms with Crippen LogP contribution < -0.4 is 5.32 Å². The maximum absolute atomic E-state index is 12.0. The fourth-order valence-corrected chi connectivity index (χ4v) is 2.85. The van der Waals surface area contributed by atoms with Gasteiger partial charge in [0.2, 0.25) is 0 Å². The van der Waals surface area contributed by atoms with E-state index >= 15 is 0 Å². The fraction of sp³-hybridized carbons (Fsp3) is 0.929. The van der Waals surface area contributed by atoms with Crippen LogP contribution in [-0.2, 0) is 9.53 Å². The highest BCUT2D eigenvalue weighted by Gasteiger charge is 2.36. The molecule has 0 saturated carbocycles. The average molecular weight is 271 g/mol. The number of nitrogens with zero attached hydrogens (tertiary/aromatic N) is 2. The molecule has 2 atom stereocenters. The van der Waals surface area contributed by atoms with Gasteiger partial charge in [-0.1, -0.05) is 6.92 Å². The summed E-state index contributed by atoms with van der Waals surface area (Å²) in [7, 11) is 5.70. The summed E-state index contributed by atoms with van der Waals surface area (Å²) in [4.78, 5) is 16.6. The Morgan fingerprint density at radius 3 is 2.74 bits per heavy atom. The molecule has 1 heterocycles. The van der Waals surface area contributed by atoms with E-state index in [1.807, 2.05) is 13.8 Å². The van der Waals surface area contributed by atoms with Crippen molar-refractivity contribution in [3.8, 4) is 0 Å². The van der Waals surface area contributed by atoms with Gasteiger partial charge in [-0.05, 0) is 47.0 Å². The molecule has 1 saturated heterocycles. The first kappa shape index (κ1) is 16.4. The second-order valence-corrected chi connectivity index (χ2v) is 5.85. The number of piperidine rings is 1. The molecule has 0 aromatic heterocycles. The summed E-state index contributed by atoms with van der Waals surface area (Å²) in [5.74, 6) is -0.179. The summed E-state index contributed by atoms with van der Waals surface area (Å²) in [5, 5.41) is 3.27. The van der Waals surface area contributed by atoms with Gasteiger partial charge in [0.15, 0.2) is 0 Å². The predicted octanol–water partition coefficient (Wildman–Crippen LogP) is 0.554. The number of hydrogen-bond acceptors (Lipinski definition) is 5. The van der Waals surface area contributed by atoms with E-state index in [9.17, 15) is 4.79 Å². The van der Waals surface area contributed by atoms with Gasteiger partial charge >= 0.3 is 5.97 Å². The molecule has 5 nitrogen and oxygen atoms in total. The van der Waals surface area contributed by atoms with E-state index in [0.717, 1.165) is 19.6 Å². The van der Waals surface area contributed by atoms with Gasteiger partial charge in [-0.3, -0.25) is 9.69 Å². The second kappa shape index (κ2) is 7.22. The van der Waals surface area contributed by atoms with Crippen LogP contribution in [0.1, 0.15) is 26.7 Å². The van der Waals surface area contributed by atoms with Crippen LogP contribution in [0.25, 0.3) is 0 Å². The van der Waals surface area contributed by atoms with E-state index in [-0.39, 0.29) is 5.97 Å². The van der Waals surface area contributed by atoms with Gasteiger partial charge in [0.25, 0.3) is 0 Å². The molecule has 0 aliphatic carbocycles. The zero-order valence-electron chi connectivity index (χ0n) is 13.0. The van der Waals surface area contributed by atoms with Crippen molar-refractivity contribution in [1.29, 1.82) is 0 Å². The molecule has 0 radical (unpaired) electrons. The molecule has 0 spiro atoms. The molecule has 112 valence electrons. The van der Waals surface area contributed by atoms with Crippen molar-refractivity contribution in [2.45, 2.75) is 38.3 Å². The lowest BCUT2D eigenvalue weighted by atomic mass is 9.98. The van der Waals surface area contributed by atoms with Gasteiger partial charge < -0.3 is 15.0 Å². The highest BCUT2D eigenvalue weighted by Crippen LogP contribution is 2.17. The molecule has 0 amide bonds. The summed E-state index contributed by atoms with van der Waals surface area (Å²) >= 11 is 0. The Balaban J connectivity index is 2.66. The van der Waals surface area contributed by atoms with Crippen LogP contribution in [0.2, 0.25) is 0 Å². The Morgan fingerprint density at radius 1 is 1.53 bits per heavy atom. The zero-order valence-corrected chi connectivity index (χ0v) is 13.0. The Labute approximate surface area is 117 Å². The van der Waals surface area contributed by atoms with Gasteiger partial charge in [-0.2, -0.15) is 0 Å². The third-order valence-electron chi connectivity index (χ3n) is 3.95. The topological polar surface area (TPSA) is 44.8 Å². The summed E-state index contributed by atoms with van der Waals surface area (Å²) in [5.41, 5.74) is -0.613. The normalized spacial score (nSPS) is 24.2. The molecule has 0 aromatic rings. The number of nitrogens with one attached hydrogen (secondary N) is 1. The average Bonchev–Trinajstić information content (AvgIpc) is 2.38. The quantitative estimate of drug-likeness (QED) is 0.715. The van der Waals surface area contributed by atoms with E-state index in [4.69, 9.17) is 4.74 Å². The number of hydrogen-bond donors (Lipinski definition) is 1. The van der Waals surface area contributed by atoms with Crippen molar-refractivity contribution in [3.05, 3.63) is 0 Å². The number of methoxy groups -OCH3 is 1. The third kappa shape index (κ3) is 4.44. The maximum atomic E-state index is 12.0. The van der Waals surface area contributed by atoms with Crippen LogP contribution in [0.3, 0.4) is 0 Å². The fourth-order valence-electron chi connectivity index (χ4n) is 2.85. The van der Waals surface area contributed by atoms with Crippen molar-refractivity contribution >= 4 is 5.97 Å². The van der Waals surface area contributed by atoms with E-state index in [1.165, 1.54) is 20.0 Å². The molecule has 1 fully saturated rings. The molecule has 1 rings (SSSR count). The first-order valence-corrected chi connectivity index (χ1v) is 7.15. The maximum Gasteiger partial charge on any atom is 0.327 e. The van der Waals surface area contributed by atoms with Crippen molar-refractivity contribution in [3.63, 3.8) is 0 Å². The monoisotopic (exact) mass is 271 g/mol. The van der Waals surface area contributed by atoms with Crippen molar-refractivity contribution < 1.29 is 9.53 Å². The molecule has 0 bridgehead atoms. The second-order valence-electron chi connectivity index (χ2n) is 5.85. The largest absolute Gasteiger partial charge is 0.468 e. The highest BCUT2D eigenvalue weighted by molar-refractivity contribution is 5.80. The number of carbonyl (C=O) groups excluding carboxylic acids is 1. The number of likely N-dealkylation sites (tertiary alicyclic amines) is 1. The summed E-state index contributed by atoms with van der Waals surface area (Å²) in [6, 6.07) is 0.581. The first-order valence-electron chi connectivity index (χ1n) is 7.15. The lowest BCUT2D eigenvalue weighted by Gasteiger charge is -2.40. The number of ether oxygens (including phenoxy) is 1. The SMILES string of the molecule is CCNC(C)(CN1CCCC(N(C)C)C1)C(=O)OC. The Morgan fingerprint density at radius 2 is 2.21 bits per heavy atom. The zero-order chi connectivity index (χ0) is 14.5. The Bertz CT molecular complexity index is 296. The number of likely N-dealkylation sites (N-methyl/N-ethyl adjacent to an activating group) is 2. The summed E-state index contributed by atoms with van der Waals surface area (Å²) in [6.07, 6.45) is 2.42. The molecule has 0 aromatic carbocycles. The number of carbonyl (C=O) groups is 1. The molecule has 2 unspecified atom stereocenters. The lowest BCUT2D eigenvalue weighted by Crippen LogP contribution is -2.59. The van der Waals surface area contributed by atoms with Crippen LogP contribution in [0.15, 0.2) is 0 Å². The first-order chi connectivity index (χ1) is 8.92. The predicted molar refractivity (Wildman–Crippen MR) is 77.2 cm³/mol. The van der Waals surface area contributed by atoms with E-state index < -0.39 is 5.54 Å². The molecule has 1 aliphatic heterocycles. The molecule has 1 aliphatic rings. The van der Waals surface area contributed by atoms with Crippen LogP contribution in [0, 0.1) is 0 Å². The lowest BCUT2D eigenvalue weighted by molar-refractivity contribution is -0.149. The van der Waals surface area contributed by atoms with E-state index in [2.05, 4.69) is 29.2 Å². The molecule has 5 heteroatoms. The minimum absolute atomic E-state index is 0.179.